The first-order valence-corrected chi connectivity index (χ1v) is 11.1. The van der Waals surface area contributed by atoms with Gasteiger partial charge in [-0.05, 0) is 67.1 Å². The molecule has 0 saturated heterocycles. The van der Waals surface area contributed by atoms with Crippen molar-refractivity contribution in [3.05, 3.63) is 0 Å². The summed E-state index contributed by atoms with van der Waals surface area (Å²) in [7, 11) is 0. The van der Waals surface area contributed by atoms with Gasteiger partial charge in [0.05, 0.1) is 0 Å². The molecule has 0 nitrogen and oxygen atoms in total. The van der Waals surface area contributed by atoms with Crippen molar-refractivity contribution in [2.45, 2.75) is 104 Å². The Hall–Kier alpha value is 0. The van der Waals surface area contributed by atoms with E-state index in [-0.39, 0.29) is 0 Å². The molecule has 3 aliphatic carbocycles. The molecule has 3 aliphatic rings. The molecule has 3 atom stereocenters. The minimum atomic E-state index is 1.01. The second-order valence-corrected chi connectivity index (χ2v) is 10.0. The molecule has 0 bridgehead atoms. The second-order valence-electron chi connectivity index (χ2n) is 10.0. The van der Waals surface area contributed by atoms with Crippen LogP contribution in [0.4, 0.5) is 0 Å². The molecular weight excluding hydrogens is 276 g/mol. The summed E-state index contributed by atoms with van der Waals surface area (Å²) in [5, 5.41) is 0. The lowest BCUT2D eigenvalue weighted by Gasteiger charge is -2.41. The number of hydrogen-bond donors (Lipinski definition) is 0. The molecule has 0 amide bonds. The Bertz CT molecular complexity index is 330. The van der Waals surface area contributed by atoms with Crippen LogP contribution in [0.15, 0.2) is 0 Å². The molecule has 0 heteroatoms. The molecule has 3 fully saturated rings. The van der Waals surface area contributed by atoms with E-state index in [1.165, 1.54) is 38.5 Å². The van der Waals surface area contributed by atoms with Gasteiger partial charge in [0, 0.05) is 0 Å². The van der Waals surface area contributed by atoms with E-state index in [1.54, 1.807) is 44.9 Å². The van der Waals surface area contributed by atoms with Crippen molar-refractivity contribution in [2.75, 3.05) is 0 Å². The highest BCUT2D eigenvalue weighted by molar-refractivity contribution is 4.85. The highest BCUT2D eigenvalue weighted by atomic mass is 14.4. The molecule has 0 heterocycles. The molecule has 3 unspecified atom stereocenters. The summed E-state index contributed by atoms with van der Waals surface area (Å²) in [6.07, 6.45) is 20.0. The van der Waals surface area contributed by atoms with Crippen LogP contribution < -0.4 is 0 Å². The highest BCUT2D eigenvalue weighted by Crippen LogP contribution is 2.45. The third kappa shape index (κ3) is 4.99. The topological polar surface area (TPSA) is 0 Å². The number of rotatable bonds is 4. The van der Waals surface area contributed by atoms with E-state index in [9.17, 15) is 0 Å². The summed E-state index contributed by atoms with van der Waals surface area (Å²) in [6.45, 7) is 7.50. The minimum Gasteiger partial charge on any atom is -0.0625 e. The van der Waals surface area contributed by atoms with E-state index in [2.05, 4.69) is 20.8 Å². The van der Waals surface area contributed by atoms with Crippen LogP contribution in [-0.4, -0.2) is 0 Å². The van der Waals surface area contributed by atoms with Crippen LogP contribution in [0.3, 0.4) is 0 Å². The van der Waals surface area contributed by atoms with E-state index < -0.39 is 0 Å². The van der Waals surface area contributed by atoms with Gasteiger partial charge in [0.25, 0.3) is 0 Å². The van der Waals surface area contributed by atoms with Crippen LogP contribution >= 0.6 is 0 Å². The van der Waals surface area contributed by atoms with Crippen molar-refractivity contribution < 1.29 is 0 Å². The second kappa shape index (κ2) is 8.39. The maximum atomic E-state index is 2.59. The molecule has 134 valence electrons. The van der Waals surface area contributed by atoms with Crippen LogP contribution in [0.5, 0.6) is 0 Å². The molecule has 3 rings (SSSR count). The fourth-order valence-electron chi connectivity index (χ4n) is 6.30. The maximum absolute atomic E-state index is 2.59. The van der Waals surface area contributed by atoms with Gasteiger partial charge in [-0.1, -0.05) is 78.6 Å². The first kappa shape index (κ1) is 17.8. The Morgan fingerprint density at radius 1 is 0.565 bits per heavy atom. The van der Waals surface area contributed by atoms with Crippen molar-refractivity contribution in [1.82, 2.24) is 0 Å². The smallest absolute Gasteiger partial charge is 0.0360 e. The zero-order valence-corrected chi connectivity index (χ0v) is 16.2. The largest absolute Gasteiger partial charge is 0.0625 e. The molecule has 23 heavy (non-hydrogen) atoms. The molecule has 3 saturated carbocycles. The molecule has 0 N–H and O–H groups in total. The lowest BCUT2D eigenvalue weighted by Crippen LogP contribution is -2.31. The third-order valence-corrected chi connectivity index (χ3v) is 8.13. The molecule has 0 aliphatic heterocycles. The van der Waals surface area contributed by atoms with Gasteiger partial charge in [0.15, 0.2) is 0 Å². The van der Waals surface area contributed by atoms with Gasteiger partial charge in [-0.15, -0.1) is 0 Å². The fraction of sp³-hybridized carbons (Fsp3) is 1.00. The Labute approximate surface area is 146 Å². The van der Waals surface area contributed by atoms with E-state index in [0.717, 1.165) is 41.4 Å². The monoisotopic (exact) mass is 318 g/mol. The Kier molecular flexibility index (Phi) is 6.50. The van der Waals surface area contributed by atoms with E-state index in [1.807, 2.05) is 0 Å². The lowest BCUT2D eigenvalue weighted by atomic mass is 9.64. The van der Waals surface area contributed by atoms with Gasteiger partial charge in [-0.3, -0.25) is 0 Å². The highest BCUT2D eigenvalue weighted by Gasteiger charge is 2.34. The Balaban J connectivity index is 1.38. The summed E-state index contributed by atoms with van der Waals surface area (Å²) in [4.78, 5) is 0. The van der Waals surface area contributed by atoms with E-state index >= 15 is 0 Å². The zero-order valence-electron chi connectivity index (χ0n) is 16.2. The van der Waals surface area contributed by atoms with Crippen molar-refractivity contribution in [3.8, 4) is 0 Å². The molecule has 0 aromatic carbocycles. The van der Waals surface area contributed by atoms with Crippen molar-refractivity contribution in [1.29, 1.82) is 0 Å². The molecular formula is C23H42. The predicted molar refractivity (Wildman–Crippen MR) is 101 cm³/mol. The summed E-state index contributed by atoms with van der Waals surface area (Å²) in [6, 6.07) is 0. The molecule has 0 spiro atoms. The summed E-state index contributed by atoms with van der Waals surface area (Å²) < 4.78 is 0. The van der Waals surface area contributed by atoms with Gasteiger partial charge in [0.2, 0.25) is 0 Å². The van der Waals surface area contributed by atoms with Crippen LogP contribution in [0.25, 0.3) is 0 Å². The molecule has 0 aromatic heterocycles. The van der Waals surface area contributed by atoms with Crippen molar-refractivity contribution in [2.24, 2.45) is 41.4 Å². The van der Waals surface area contributed by atoms with Crippen LogP contribution in [0, 0.1) is 41.4 Å². The average molecular weight is 319 g/mol. The summed E-state index contributed by atoms with van der Waals surface area (Å²) >= 11 is 0. The minimum absolute atomic E-state index is 1.01. The predicted octanol–water partition coefficient (Wildman–Crippen LogP) is 7.47. The van der Waals surface area contributed by atoms with Gasteiger partial charge >= 0.3 is 0 Å². The lowest BCUT2D eigenvalue weighted by molar-refractivity contribution is 0.0930. The Morgan fingerprint density at radius 2 is 1.09 bits per heavy atom. The average Bonchev–Trinajstić information content (AvgIpc) is 2.55. The number of hydrogen-bond acceptors (Lipinski definition) is 0. The summed E-state index contributed by atoms with van der Waals surface area (Å²) in [5.41, 5.74) is 0. The first-order chi connectivity index (χ1) is 11.1. The van der Waals surface area contributed by atoms with E-state index in [0.29, 0.717) is 0 Å². The summed E-state index contributed by atoms with van der Waals surface area (Å²) in [5.74, 6) is 7.35. The Morgan fingerprint density at radius 3 is 1.70 bits per heavy atom. The van der Waals surface area contributed by atoms with Crippen molar-refractivity contribution in [3.63, 3.8) is 0 Å². The molecule has 0 aromatic rings. The van der Waals surface area contributed by atoms with Crippen LogP contribution in [0.1, 0.15) is 104 Å². The van der Waals surface area contributed by atoms with Crippen LogP contribution in [0.2, 0.25) is 0 Å². The standard InChI is InChI=1S/C23H42/c1-17-4-8-20(9-5-17)10-11-21-12-15-23(19(3)16-21)22-13-6-18(2)7-14-22/h17-23H,4-16H2,1-3H3. The van der Waals surface area contributed by atoms with Gasteiger partial charge in [-0.2, -0.15) is 0 Å². The quantitative estimate of drug-likeness (QED) is 0.504. The normalized spacial score (nSPS) is 45.8. The van der Waals surface area contributed by atoms with Gasteiger partial charge in [0.1, 0.15) is 0 Å². The van der Waals surface area contributed by atoms with Crippen molar-refractivity contribution >= 4 is 0 Å². The SMILES string of the molecule is CC1CCC(CCC2CCC(C3CCC(C)CC3)C(C)C2)CC1. The van der Waals surface area contributed by atoms with Gasteiger partial charge in [-0.25, -0.2) is 0 Å². The maximum Gasteiger partial charge on any atom is -0.0360 e. The fourth-order valence-corrected chi connectivity index (χ4v) is 6.30. The third-order valence-electron chi connectivity index (χ3n) is 8.13. The van der Waals surface area contributed by atoms with Crippen LogP contribution in [-0.2, 0) is 0 Å². The molecule has 0 radical (unpaired) electrons. The van der Waals surface area contributed by atoms with E-state index in [4.69, 9.17) is 0 Å². The zero-order chi connectivity index (χ0) is 16.2. The van der Waals surface area contributed by atoms with Gasteiger partial charge < -0.3 is 0 Å². The first-order valence-electron chi connectivity index (χ1n) is 11.1.